The van der Waals surface area contributed by atoms with E-state index in [4.69, 9.17) is 0 Å². The molecule has 1 N–H and O–H groups in total. The molecule has 1 aromatic carbocycles. The fraction of sp³-hybridized carbons (Fsp3) is 0.412. The van der Waals surface area contributed by atoms with Gasteiger partial charge in [0, 0.05) is 19.6 Å². The smallest absolute Gasteiger partial charge is 0.0917 e. The largest absolute Gasteiger partial charge is 0.387 e. The number of aliphatic hydroxyl groups excluding tert-OH is 1. The van der Waals surface area contributed by atoms with Crippen molar-refractivity contribution < 1.29 is 5.11 Å². The number of rotatable bonds is 9. The van der Waals surface area contributed by atoms with Gasteiger partial charge >= 0.3 is 0 Å². The van der Waals surface area contributed by atoms with Gasteiger partial charge in [0.25, 0.3) is 0 Å². The zero-order valence-corrected chi connectivity index (χ0v) is 11.9. The van der Waals surface area contributed by atoms with Gasteiger partial charge < -0.3 is 5.11 Å². The third-order valence-electron chi connectivity index (χ3n) is 3.11. The summed E-state index contributed by atoms with van der Waals surface area (Å²) >= 11 is 0. The average molecular weight is 259 g/mol. The maximum absolute atomic E-state index is 10.3. The van der Waals surface area contributed by atoms with E-state index in [0.717, 1.165) is 31.5 Å². The fourth-order valence-corrected chi connectivity index (χ4v) is 2.13. The molecule has 0 amide bonds. The molecule has 0 fully saturated rings. The van der Waals surface area contributed by atoms with Crippen LogP contribution in [0.1, 0.15) is 30.6 Å². The molecule has 2 nitrogen and oxygen atoms in total. The van der Waals surface area contributed by atoms with Crippen molar-refractivity contribution in [3.63, 3.8) is 0 Å². The van der Waals surface area contributed by atoms with E-state index in [-0.39, 0.29) is 0 Å². The van der Waals surface area contributed by atoms with E-state index in [1.165, 1.54) is 5.56 Å². The van der Waals surface area contributed by atoms with E-state index in [2.05, 4.69) is 37.1 Å². The Morgan fingerprint density at radius 1 is 1.16 bits per heavy atom. The van der Waals surface area contributed by atoms with Gasteiger partial charge in [0.2, 0.25) is 0 Å². The average Bonchev–Trinajstić information content (AvgIpc) is 2.40. The minimum Gasteiger partial charge on any atom is -0.387 e. The van der Waals surface area contributed by atoms with Crippen molar-refractivity contribution >= 4 is 0 Å². The van der Waals surface area contributed by atoms with Crippen LogP contribution in [0, 0.1) is 0 Å². The first-order chi connectivity index (χ1) is 9.21. The van der Waals surface area contributed by atoms with E-state index in [0.29, 0.717) is 6.54 Å². The topological polar surface area (TPSA) is 23.5 Å². The lowest BCUT2D eigenvalue weighted by Gasteiger charge is -2.22. The zero-order chi connectivity index (χ0) is 14.1. The molecule has 0 saturated carbocycles. The highest BCUT2D eigenvalue weighted by Crippen LogP contribution is 2.16. The van der Waals surface area contributed by atoms with Crippen LogP contribution >= 0.6 is 0 Å². The predicted octanol–water partition coefficient (Wildman–Crippen LogP) is 3.35. The minimum absolute atomic E-state index is 0.462. The number of hydrogen-bond acceptors (Lipinski definition) is 2. The maximum atomic E-state index is 10.3. The van der Waals surface area contributed by atoms with Gasteiger partial charge in [-0.1, -0.05) is 49.8 Å². The summed E-state index contributed by atoms with van der Waals surface area (Å²) in [4.78, 5) is 2.12. The molecule has 1 atom stereocenters. The van der Waals surface area contributed by atoms with Gasteiger partial charge in [-0.3, -0.25) is 4.90 Å². The molecular formula is C17H25NO. The van der Waals surface area contributed by atoms with E-state index >= 15 is 0 Å². The Kier molecular flexibility index (Phi) is 7.16. The lowest BCUT2D eigenvalue weighted by Crippen LogP contribution is -2.29. The summed E-state index contributed by atoms with van der Waals surface area (Å²) in [6.07, 6.45) is 5.47. The molecule has 0 aliphatic rings. The van der Waals surface area contributed by atoms with E-state index in [1.54, 1.807) is 0 Å². The summed E-state index contributed by atoms with van der Waals surface area (Å²) in [6.45, 7) is 11.8. The second-order valence-corrected chi connectivity index (χ2v) is 4.80. The first kappa shape index (κ1) is 15.7. The van der Waals surface area contributed by atoms with E-state index < -0.39 is 6.10 Å². The number of benzene rings is 1. The van der Waals surface area contributed by atoms with Crippen LogP contribution in [0.15, 0.2) is 49.6 Å². The van der Waals surface area contributed by atoms with Crippen molar-refractivity contribution in [2.24, 2.45) is 0 Å². The van der Waals surface area contributed by atoms with Crippen molar-refractivity contribution in [1.29, 1.82) is 0 Å². The highest BCUT2D eigenvalue weighted by atomic mass is 16.3. The van der Waals surface area contributed by atoms with Gasteiger partial charge in [-0.2, -0.15) is 0 Å². The highest BCUT2D eigenvalue weighted by molar-refractivity contribution is 5.24. The summed E-state index contributed by atoms with van der Waals surface area (Å²) in [5, 5.41) is 10.3. The van der Waals surface area contributed by atoms with Crippen molar-refractivity contribution in [2.45, 2.75) is 25.9 Å². The standard InChI is InChI=1S/C17H25NO/c1-4-7-15-8-10-16(11-9-15)17(19)14-18(12-5-2)13-6-3/h5-6,8-11,17,19H,2-4,7,12-14H2,1H3. The number of aryl methyl sites for hydroxylation is 1. The summed E-state index contributed by atoms with van der Waals surface area (Å²) in [6, 6.07) is 8.26. The second kappa shape index (κ2) is 8.68. The first-order valence-corrected chi connectivity index (χ1v) is 6.92. The molecule has 0 saturated heterocycles. The molecule has 0 heterocycles. The third kappa shape index (κ3) is 5.41. The molecule has 0 bridgehead atoms. The normalized spacial score (nSPS) is 12.4. The summed E-state index contributed by atoms with van der Waals surface area (Å²) < 4.78 is 0. The molecule has 0 spiro atoms. The SMILES string of the molecule is C=CCN(CC=C)CC(O)c1ccc(CCC)cc1. The molecule has 1 unspecified atom stereocenters. The van der Waals surface area contributed by atoms with Crippen LogP contribution in [-0.4, -0.2) is 29.6 Å². The van der Waals surface area contributed by atoms with Crippen LogP contribution in [0.2, 0.25) is 0 Å². The monoisotopic (exact) mass is 259 g/mol. The zero-order valence-electron chi connectivity index (χ0n) is 11.9. The number of hydrogen-bond donors (Lipinski definition) is 1. The number of nitrogens with zero attached hydrogens (tertiary/aromatic N) is 1. The van der Waals surface area contributed by atoms with E-state index in [1.807, 2.05) is 24.3 Å². The molecule has 1 aromatic rings. The Morgan fingerprint density at radius 3 is 2.21 bits per heavy atom. The Morgan fingerprint density at radius 2 is 1.74 bits per heavy atom. The Labute approximate surface area is 117 Å². The Balaban J connectivity index is 2.62. The molecule has 0 aromatic heterocycles. The van der Waals surface area contributed by atoms with Crippen LogP contribution in [0.3, 0.4) is 0 Å². The Hall–Kier alpha value is -1.38. The van der Waals surface area contributed by atoms with Gasteiger partial charge in [-0.25, -0.2) is 0 Å². The molecule has 1 rings (SSSR count). The van der Waals surface area contributed by atoms with Crippen LogP contribution in [0.5, 0.6) is 0 Å². The molecule has 19 heavy (non-hydrogen) atoms. The minimum atomic E-state index is -0.462. The quantitative estimate of drug-likeness (QED) is 0.687. The molecule has 2 heteroatoms. The van der Waals surface area contributed by atoms with Crippen LogP contribution in [-0.2, 0) is 6.42 Å². The van der Waals surface area contributed by atoms with Crippen molar-refractivity contribution in [1.82, 2.24) is 4.90 Å². The van der Waals surface area contributed by atoms with Crippen molar-refractivity contribution in [2.75, 3.05) is 19.6 Å². The predicted molar refractivity (Wildman–Crippen MR) is 82.2 cm³/mol. The highest BCUT2D eigenvalue weighted by Gasteiger charge is 2.11. The van der Waals surface area contributed by atoms with Crippen LogP contribution in [0.4, 0.5) is 0 Å². The summed E-state index contributed by atoms with van der Waals surface area (Å²) in [5.41, 5.74) is 2.30. The lowest BCUT2D eigenvalue weighted by molar-refractivity contribution is 0.125. The van der Waals surface area contributed by atoms with Crippen molar-refractivity contribution in [3.05, 3.63) is 60.7 Å². The van der Waals surface area contributed by atoms with Gasteiger partial charge in [-0.15, -0.1) is 13.2 Å². The number of aliphatic hydroxyl groups is 1. The van der Waals surface area contributed by atoms with Crippen molar-refractivity contribution in [3.8, 4) is 0 Å². The second-order valence-electron chi connectivity index (χ2n) is 4.80. The van der Waals surface area contributed by atoms with Gasteiger partial charge in [-0.05, 0) is 17.5 Å². The molecule has 0 radical (unpaired) electrons. The third-order valence-corrected chi connectivity index (χ3v) is 3.11. The van der Waals surface area contributed by atoms with Gasteiger partial charge in [0.1, 0.15) is 0 Å². The van der Waals surface area contributed by atoms with Gasteiger partial charge in [0.15, 0.2) is 0 Å². The maximum Gasteiger partial charge on any atom is 0.0917 e. The molecule has 0 aliphatic heterocycles. The van der Waals surface area contributed by atoms with Gasteiger partial charge in [0.05, 0.1) is 6.10 Å². The summed E-state index contributed by atoms with van der Waals surface area (Å²) in [5.74, 6) is 0. The van der Waals surface area contributed by atoms with Crippen LogP contribution < -0.4 is 0 Å². The van der Waals surface area contributed by atoms with Crippen LogP contribution in [0.25, 0.3) is 0 Å². The molecular weight excluding hydrogens is 234 g/mol. The first-order valence-electron chi connectivity index (χ1n) is 6.92. The Bertz CT molecular complexity index is 373. The summed E-state index contributed by atoms with van der Waals surface area (Å²) in [7, 11) is 0. The fourth-order valence-electron chi connectivity index (χ4n) is 2.13. The van der Waals surface area contributed by atoms with E-state index in [9.17, 15) is 5.11 Å². The lowest BCUT2D eigenvalue weighted by atomic mass is 10.0. The molecule has 104 valence electrons. The molecule has 0 aliphatic carbocycles.